The zero-order valence-electron chi connectivity index (χ0n) is 10.7. The molecular formula is C13H23N3O. The summed E-state index contributed by atoms with van der Waals surface area (Å²) in [7, 11) is 0. The summed E-state index contributed by atoms with van der Waals surface area (Å²) in [6.45, 7) is 11.2. The highest BCUT2D eigenvalue weighted by atomic mass is 16.5. The molecule has 0 aromatic carbocycles. The van der Waals surface area contributed by atoms with E-state index in [1.807, 2.05) is 0 Å². The minimum atomic E-state index is 0.511. The molecule has 0 radical (unpaired) electrons. The van der Waals surface area contributed by atoms with E-state index in [1.54, 1.807) is 0 Å². The average molecular weight is 237 g/mol. The third kappa shape index (κ3) is 4.29. The van der Waals surface area contributed by atoms with Gasteiger partial charge in [-0.05, 0) is 6.92 Å². The molecule has 17 heavy (non-hydrogen) atoms. The maximum Gasteiger partial charge on any atom is 0.0620 e. The lowest BCUT2D eigenvalue weighted by Gasteiger charge is -2.31. The summed E-state index contributed by atoms with van der Waals surface area (Å²) in [4.78, 5) is 4.81. The number of morpholine rings is 1. The molecule has 0 saturated carbocycles. The molecule has 1 unspecified atom stereocenters. The van der Waals surface area contributed by atoms with E-state index < -0.39 is 0 Å². The van der Waals surface area contributed by atoms with E-state index in [1.165, 1.54) is 0 Å². The molecule has 0 amide bonds. The Hall–Kier alpha value is -0.600. The van der Waals surface area contributed by atoms with Crippen LogP contribution in [0.15, 0.2) is 0 Å². The number of hydrogen-bond acceptors (Lipinski definition) is 4. The summed E-state index contributed by atoms with van der Waals surface area (Å²) in [5, 5.41) is 3.35. The molecule has 2 fully saturated rings. The van der Waals surface area contributed by atoms with Gasteiger partial charge >= 0.3 is 0 Å². The standard InChI is InChI=1S/C13H23N3O/c1-13-12-17-11-10-16(13)7-3-2-6-15-8-4-14-5-9-15/h13-14H,4-12H2,1H3. The fourth-order valence-corrected chi connectivity index (χ4v) is 2.19. The molecule has 96 valence electrons. The third-order valence-corrected chi connectivity index (χ3v) is 3.42. The van der Waals surface area contributed by atoms with E-state index >= 15 is 0 Å². The summed E-state index contributed by atoms with van der Waals surface area (Å²) < 4.78 is 5.41. The van der Waals surface area contributed by atoms with Gasteiger partial charge in [-0.3, -0.25) is 9.80 Å². The lowest BCUT2D eigenvalue weighted by Crippen LogP contribution is -2.44. The summed E-state index contributed by atoms with van der Waals surface area (Å²) in [5.41, 5.74) is 0. The molecule has 2 aliphatic rings. The van der Waals surface area contributed by atoms with E-state index in [4.69, 9.17) is 4.74 Å². The van der Waals surface area contributed by atoms with Gasteiger partial charge in [0.1, 0.15) is 0 Å². The molecule has 2 rings (SSSR count). The molecule has 2 aliphatic heterocycles. The van der Waals surface area contributed by atoms with Gasteiger partial charge < -0.3 is 10.1 Å². The lowest BCUT2D eigenvalue weighted by molar-refractivity contribution is 0.00653. The highest BCUT2D eigenvalue weighted by Gasteiger charge is 2.16. The van der Waals surface area contributed by atoms with Gasteiger partial charge in [-0.15, -0.1) is 0 Å². The van der Waals surface area contributed by atoms with Crippen LogP contribution in [0.2, 0.25) is 0 Å². The Kier molecular flexibility index (Phi) is 5.27. The molecule has 0 aliphatic carbocycles. The van der Waals surface area contributed by atoms with Gasteiger partial charge in [0.15, 0.2) is 0 Å². The van der Waals surface area contributed by atoms with Crippen LogP contribution in [0.25, 0.3) is 0 Å². The predicted molar refractivity (Wildman–Crippen MR) is 68.9 cm³/mol. The summed E-state index contributed by atoms with van der Waals surface area (Å²) >= 11 is 0. The molecule has 2 heterocycles. The highest BCUT2D eigenvalue weighted by molar-refractivity contribution is 5.04. The first-order chi connectivity index (χ1) is 8.36. The zero-order valence-corrected chi connectivity index (χ0v) is 10.7. The number of nitrogens with one attached hydrogen (secondary N) is 1. The van der Waals surface area contributed by atoms with Crippen LogP contribution in [0.1, 0.15) is 6.92 Å². The summed E-state index contributed by atoms with van der Waals surface area (Å²) in [6.07, 6.45) is 0. The van der Waals surface area contributed by atoms with Crippen molar-refractivity contribution in [1.82, 2.24) is 15.1 Å². The second-order valence-electron chi connectivity index (χ2n) is 4.77. The lowest BCUT2D eigenvalue weighted by atomic mass is 10.2. The van der Waals surface area contributed by atoms with Crippen LogP contribution in [0.3, 0.4) is 0 Å². The summed E-state index contributed by atoms with van der Waals surface area (Å²) in [5.74, 6) is 6.58. The largest absolute Gasteiger partial charge is 0.379 e. The van der Waals surface area contributed by atoms with Gasteiger partial charge in [-0.25, -0.2) is 0 Å². The van der Waals surface area contributed by atoms with Crippen LogP contribution in [-0.2, 0) is 4.74 Å². The van der Waals surface area contributed by atoms with Crippen molar-refractivity contribution < 1.29 is 4.74 Å². The van der Waals surface area contributed by atoms with Gasteiger partial charge in [-0.1, -0.05) is 11.8 Å². The first-order valence-corrected chi connectivity index (χ1v) is 6.57. The number of hydrogen-bond donors (Lipinski definition) is 1. The van der Waals surface area contributed by atoms with E-state index in [9.17, 15) is 0 Å². The first kappa shape index (κ1) is 12.8. The molecular weight excluding hydrogens is 214 g/mol. The zero-order chi connectivity index (χ0) is 11.9. The Bertz CT molecular complexity index is 278. The average Bonchev–Trinajstić information content (AvgIpc) is 2.38. The Morgan fingerprint density at radius 2 is 1.94 bits per heavy atom. The molecule has 1 N–H and O–H groups in total. The maximum atomic E-state index is 5.41. The maximum absolute atomic E-state index is 5.41. The number of ether oxygens (including phenoxy) is 1. The molecule has 0 bridgehead atoms. The quantitative estimate of drug-likeness (QED) is 0.662. The van der Waals surface area contributed by atoms with Crippen molar-refractivity contribution in [3.8, 4) is 11.8 Å². The van der Waals surface area contributed by atoms with Crippen LogP contribution in [0, 0.1) is 11.8 Å². The Morgan fingerprint density at radius 1 is 1.18 bits per heavy atom. The van der Waals surface area contributed by atoms with Crippen molar-refractivity contribution in [2.45, 2.75) is 13.0 Å². The van der Waals surface area contributed by atoms with Crippen LogP contribution in [0.5, 0.6) is 0 Å². The number of piperazine rings is 1. The van der Waals surface area contributed by atoms with Crippen molar-refractivity contribution in [2.24, 2.45) is 0 Å². The normalized spacial score (nSPS) is 27.5. The first-order valence-electron chi connectivity index (χ1n) is 6.57. The van der Waals surface area contributed by atoms with E-state index in [0.717, 1.165) is 59.0 Å². The fourth-order valence-electron chi connectivity index (χ4n) is 2.19. The minimum Gasteiger partial charge on any atom is -0.379 e. The molecule has 0 aromatic heterocycles. The van der Waals surface area contributed by atoms with Crippen LogP contribution >= 0.6 is 0 Å². The molecule has 4 heteroatoms. The predicted octanol–water partition coefficient (Wildman–Crippen LogP) is -0.384. The van der Waals surface area contributed by atoms with Gasteiger partial charge in [0.05, 0.1) is 26.3 Å². The fraction of sp³-hybridized carbons (Fsp3) is 0.846. The molecule has 2 saturated heterocycles. The van der Waals surface area contributed by atoms with E-state index in [2.05, 4.69) is 33.9 Å². The topological polar surface area (TPSA) is 27.7 Å². The SMILES string of the molecule is CC1COCCN1CC#CCN1CCNCC1. The molecule has 0 aromatic rings. The van der Waals surface area contributed by atoms with Crippen molar-refractivity contribution >= 4 is 0 Å². The smallest absolute Gasteiger partial charge is 0.0620 e. The Balaban J connectivity index is 1.66. The molecule has 4 nitrogen and oxygen atoms in total. The van der Waals surface area contributed by atoms with Crippen LogP contribution < -0.4 is 5.32 Å². The third-order valence-electron chi connectivity index (χ3n) is 3.42. The van der Waals surface area contributed by atoms with Crippen LogP contribution in [0.4, 0.5) is 0 Å². The van der Waals surface area contributed by atoms with E-state index in [-0.39, 0.29) is 0 Å². The minimum absolute atomic E-state index is 0.511. The van der Waals surface area contributed by atoms with Gasteiger partial charge in [-0.2, -0.15) is 0 Å². The van der Waals surface area contributed by atoms with Crippen molar-refractivity contribution in [3.63, 3.8) is 0 Å². The van der Waals surface area contributed by atoms with E-state index in [0.29, 0.717) is 6.04 Å². The van der Waals surface area contributed by atoms with Crippen molar-refractivity contribution in [2.75, 3.05) is 59.0 Å². The molecule has 0 spiro atoms. The van der Waals surface area contributed by atoms with Crippen LogP contribution in [-0.4, -0.2) is 74.9 Å². The Labute approximate surface area is 104 Å². The molecule has 1 atom stereocenters. The van der Waals surface area contributed by atoms with Crippen molar-refractivity contribution in [3.05, 3.63) is 0 Å². The highest BCUT2D eigenvalue weighted by Crippen LogP contribution is 2.04. The van der Waals surface area contributed by atoms with Crippen molar-refractivity contribution in [1.29, 1.82) is 0 Å². The summed E-state index contributed by atoms with van der Waals surface area (Å²) in [6, 6.07) is 0.511. The Morgan fingerprint density at radius 3 is 2.71 bits per heavy atom. The second kappa shape index (κ2) is 6.97. The second-order valence-corrected chi connectivity index (χ2v) is 4.77. The number of rotatable bonds is 2. The monoisotopic (exact) mass is 237 g/mol. The van der Waals surface area contributed by atoms with Gasteiger partial charge in [0.2, 0.25) is 0 Å². The van der Waals surface area contributed by atoms with Gasteiger partial charge in [0, 0.05) is 38.8 Å². The number of nitrogens with zero attached hydrogens (tertiary/aromatic N) is 2. The van der Waals surface area contributed by atoms with Gasteiger partial charge in [0.25, 0.3) is 0 Å².